The molecule has 0 saturated carbocycles. The number of benzene rings is 1. The lowest BCUT2D eigenvalue weighted by atomic mass is 10.2. The lowest BCUT2D eigenvalue weighted by Crippen LogP contribution is -1.90. The standard InChI is InChI=1S/C10H10BrClO2/c1-13-7-3-4-8(9(12)6-11)10(5-7)14-2/h3-6H,1-2H3/b9-6-. The van der Waals surface area contributed by atoms with Crippen molar-refractivity contribution >= 4 is 32.6 Å². The zero-order valence-corrected chi connectivity index (χ0v) is 10.2. The topological polar surface area (TPSA) is 18.5 Å². The van der Waals surface area contributed by atoms with Gasteiger partial charge in [-0.3, -0.25) is 0 Å². The first-order chi connectivity index (χ1) is 6.72. The van der Waals surface area contributed by atoms with Crippen LogP contribution in [0.15, 0.2) is 23.2 Å². The van der Waals surface area contributed by atoms with Crippen molar-refractivity contribution in [1.29, 1.82) is 0 Å². The van der Waals surface area contributed by atoms with Crippen LogP contribution in [-0.2, 0) is 0 Å². The average Bonchev–Trinajstić information content (AvgIpc) is 2.27. The number of methoxy groups -OCH3 is 2. The van der Waals surface area contributed by atoms with Crippen LogP contribution in [0.3, 0.4) is 0 Å². The summed E-state index contributed by atoms with van der Waals surface area (Å²) in [4.78, 5) is 1.64. The Hall–Kier alpha value is -0.670. The predicted molar refractivity (Wildman–Crippen MR) is 62.3 cm³/mol. The minimum Gasteiger partial charge on any atom is -0.497 e. The second kappa shape index (κ2) is 5.27. The largest absolute Gasteiger partial charge is 0.497 e. The summed E-state index contributed by atoms with van der Waals surface area (Å²) in [6, 6.07) is 5.46. The van der Waals surface area contributed by atoms with Crippen molar-refractivity contribution in [2.24, 2.45) is 0 Å². The van der Waals surface area contributed by atoms with Gasteiger partial charge in [0.25, 0.3) is 0 Å². The Kier molecular flexibility index (Phi) is 4.29. The highest BCUT2D eigenvalue weighted by atomic mass is 79.9. The first-order valence-electron chi connectivity index (χ1n) is 3.91. The molecule has 0 amide bonds. The number of ether oxygens (including phenoxy) is 2. The van der Waals surface area contributed by atoms with E-state index in [0.29, 0.717) is 10.8 Å². The smallest absolute Gasteiger partial charge is 0.131 e. The molecule has 0 aromatic heterocycles. The third-order valence-corrected chi connectivity index (χ3v) is 2.80. The van der Waals surface area contributed by atoms with Crippen LogP contribution in [0.2, 0.25) is 0 Å². The minimum atomic E-state index is 0.588. The van der Waals surface area contributed by atoms with E-state index in [9.17, 15) is 0 Å². The molecule has 0 aliphatic heterocycles. The van der Waals surface area contributed by atoms with Gasteiger partial charge in [-0.25, -0.2) is 0 Å². The molecule has 1 rings (SSSR count). The molecule has 0 N–H and O–H groups in total. The van der Waals surface area contributed by atoms with E-state index in [-0.39, 0.29) is 0 Å². The predicted octanol–water partition coefficient (Wildman–Crippen LogP) is 3.64. The molecule has 1 aromatic rings. The van der Waals surface area contributed by atoms with Crippen LogP contribution >= 0.6 is 27.5 Å². The fraction of sp³-hybridized carbons (Fsp3) is 0.200. The molecule has 1 aromatic carbocycles. The molecule has 0 spiro atoms. The van der Waals surface area contributed by atoms with Gasteiger partial charge in [0.15, 0.2) is 0 Å². The molecule has 0 unspecified atom stereocenters. The summed E-state index contributed by atoms with van der Waals surface area (Å²) in [6.07, 6.45) is 0. The van der Waals surface area contributed by atoms with Gasteiger partial charge in [0.2, 0.25) is 0 Å². The van der Waals surface area contributed by atoms with E-state index in [1.54, 1.807) is 25.3 Å². The van der Waals surface area contributed by atoms with E-state index in [2.05, 4.69) is 15.9 Å². The van der Waals surface area contributed by atoms with Crippen molar-refractivity contribution in [3.8, 4) is 11.5 Å². The maximum Gasteiger partial charge on any atom is 0.131 e. The molecular formula is C10H10BrClO2. The minimum absolute atomic E-state index is 0.588. The second-order valence-electron chi connectivity index (χ2n) is 2.52. The summed E-state index contributed by atoms with van der Waals surface area (Å²) >= 11 is 9.13. The normalized spacial score (nSPS) is 11.3. The molecule has 76 valence electrons. The summed E-state index contributed by atoms with van der Waals surface area (Å²) in [6.45, 7) is 0. The second-order valence-corrected chi connectivity index (χ2v) is 3.39. The molecule has 0 bridgehead atoms. The Balaban J connectivity index is 3.18. The molecular weight excluding hydrogens is 267 g/mol. The van der Waals surface area contributed by atoms with Gasteiger partial charge in [-0.2, -0.15) is 0 Å². The van der Waals surface area contributed by atoms with E-state index in [1.807, 2.05) is 12.1 Å². The van der Waals surface area contributed by atoms with Gasteiger partial charge in [-0.1, -0.05) is 27.5 Å². The Labute approximate surface area is 96.6 Å². The Morgan fingerprint density at radius 3 is 2.57 bits per heavy atom. The lowest BCUT2D eigenvalue weighted by Gasteiger charge is -2.08. The summed E-state index contributed by atoms with van der Waals surface area (Å²) in [7, 11) is 3.20. The van der Waals surface area contributed by atoms with Crippen molar-refractivity contribution in [2.75, 3.05) is 14.2 Å². The van der Waals surface area contributed by atoms with Crippen LogP contribution < -0.4 is 9.47 Å². The zero-order chi connectivity index (χ0) is 10.6. The van der Waals surface area contributed by atoms with Crippen molar-refractivity contribution < 1.29 is 9.47 Å². The van der Waals surface area contributed by atoms with E-state index >= 15 is 0 Å². The number of rotatable bonds is 3. The van der Waals surface area contributed by atoms with Crippen LogP contribution in [-0.4, -0.2) is 14.2 Å². The highest BCUT2D eigenvalue weighted by molar-refractivity contribution is 9.11. The summed E-state index contributed by atoms with van der Waals surface area (Å²) in [5.74, 6) is 1.43. The zero-order valence-electron chi connectivity index (χ0n) is 7.88. The molecule has 0 fully saturated rings. The Morgan fingerprint density at radius 1 is 1.36 bits per heavy atom. The van der Waals surface area contributed by atoms with Crippen LogP contribution in [0.4, 0.5) is 0 Å². The van der Waals surface area contributed by atoms with Crippen LogP contribution in [0.25, 0.3) is 5.03 Å². The van der Waals surface area contributed by atoms with Gasteiger partial charge in [0.1, 0.15) is 11.5 Å². The quantitative estimate of drug-likeness (QED) is 0.840. The fourth-order valence-electron chi connectivity index (χ4n) is 1.05. The molecule has 0 aliphatic rings. The number of hydrogen-bond donors (Lipinski definition) is 0. The molecule has 4 heteroatoms. The first kappa shape index (κ1) is 11.4. The molecule has 0 aliphatic carbocycles. The van der Waals surface area contributed by atoms with Gasteiger partial charge in [0.05, 0.1) is 19.3 Å². The summed E-state index contributed by atoms with van der Waals surface area (Å²) in [5, 5.41) is 0.588. The van der Waals surface area contributed by atoms with Crippen molar-refractivity contribution in [1.82, 2.24) is 0 Å². The van der Waals surface area contributed by atoms with Crippen molar-refractivity contribution in [2.45, 2.75) is 0 Å². The Morgan fingerprint density at radius 2 is 2.07 bits per heavy atom. The molecule has 0 atom stereocenters. The monoisotopic (exact) mass is 276 g/mol. The fourth-order valence-corrected chi connectivity index (χ4v) is 1.46. The molecule has 0 heterocycles. The Bertz CT molecular complexity index is 350. The molecule has 0 saturated heterocycles. The van der Waals surface area contributed by atoms with Crippen LogP contribution in [0.1, 0.15) is 5.56 Å². The summed E-state index contributed by atoms with van der Waals surface area (Å²) < 4.78 is 10.3. The highest BCUT2D eigenvalue weighted by Gasteiger charge is 2.07. The molecule has 0 radical (unpaired) electrons. The van der Waals surface area contributed by atoms with E-state index in [1.165, 1.54) is 0 Å². The third-order valence-electron chi connectivity index (χ3n) is 1.76. The highest BCUT2D eigenvalue weighted by Crippen LogP contribution is 2.32. The van der Waals surface area contributed by atoms with Crippen molar-refractivity contribution in [3.05, 3.63) is 28.7 Å². The average molecular weight is 278 g/mol. The van der Waals surface area contributed by atoms with Gasteiger partial charge in [-0.15, -0.1) is 0 Å². The van der Waals surface area contributed by atoms with Gasteiger partial charge < -0.3 is 9.47 Å². The lowest BCUT2D eigenvalue weighted by molar-refractivity contribution is 0.393. The van der Waals surface area contributed by atoms with Crippen LogP contribution in [0.5, 0.6) is 11.5 Å². The maximum atomic E-state index is 5.96. The third kappa shape index (κ3) is 2.42. The van der Waals surface area contributed by atoms with Gasteiger partial charge >= 0.3 is 0 Å². The maximum absolute atomic E-state index is 5.96. The van der Waals surface area contributed by atoms with Crippen molar-refractivity contribution in [3.63, 3.8) is 0 Å². The van der Waals surface area contributed by atoms with E-state index in [4.69, 9.17) is 21.1 Å². The summed E-state index contributed by atoms with van der Waals surface area (Å²) in [5.41, 5.74) is 0.826. The van der Waals surface area contributed by atoms with E-state index < -0.39 is 0 Å². The SMILES string of the molecule is COc1ccc(/C(Cl)=C/Br)c(OC)c1. The number of hydrogen-bond acceptors (Lipinski definition) is 2. The van der Waals surface area contributed by atoms with Gasteiger partial charge in [0, 0.05) is 16.6 Å². The number of halogens is 2. The van der Waals surface area contributed by atoms with E-state index in [0.717, 1.165) is 11.3 Å². The molecule has 2 nitrogen and oxygen atoms in total. The van der Waals surface area contributed by atoms with Gasteiger partial charge in [-0.05, 0) is 12.1 Å². The first-order valence-corrected chi connectivity index (χ1v) is 5.20. The molecule has 14 heavy (non-hydrogen) atoms. The van der Waals surface area contributed by atoms with Crippen LogP contribution in [0, 0.1) is 0 Å².